The fourth-order valence-corrected chi connectivity index (χ4v) is 1.77. The molecule has 0 unspecified atom stereocenters. The summed E-state index contributed by atoms with van der Waals surface area (Å²) in [6, 6.07) is 0. The van der Waals surface area contributed by atoms with Gasteiger partial charge in [0.2, 0.25) is 5.91 Å². The van der Waals surface area contributed by atoms with Crippen molar-refractivity contribution in [3.63, 3.8) is 0 Å². The van der Waals surface area contributed by atoms with Gasteiger partial charge in [0.05, 0.1) is 10.6 Å². The van der Waals surface area contributed by atoms with Gasteiger partial charge in [0.1, 0.15) is 24.5 Å². The largest absolute Gasteiger partial charge is 0.478 e. The number of aromatic nitrogens is 3. The maximum absolute atomic E-state index is 11.8. The van der Waals surface area contributed by atoms with Gasteiger partial charge in [0.25, 0.3) is 0 Å². The molecule has 21 heavy (non-hydrogen) atoms. The van der Waals surface area contributed by atoms with Crippen LogP contribution >= 0.6 is 0 Å². The average Bonchev–Trinajstić information content (AvgIpc) is 2.96. The second kappa shape index (κ2) is 5.45. The van der Waals surface area contributed by atoms with Gasteiger partial charge in [-0.3, -0.25) is 19.6 Å². The number of anilines is 1. The highest BCUT2D eigenvalue weighted by Crippen LogP contribution is 2.19. The molecule has 0 bridgehead atoms. The summed E-state index contributed by atoms with van der Waals surface area (Å²) in [4.78, 5) is 35.4. The molecule has 2 aromatic heterocycles. The van der Waals surface area contributed by atoms with Crippen molar-refractivity contribution >= 4 is 23.3 Å². The van der Waals surface area contributed by atoms with Crippen LogP contribution in [0.5, 0.6) is 0 Å². The van der Waals surface area contributed by atoms with E-state index in [4.69, 9.17) is 5.11 Å². The zero-order valence-corrected chi connectivity index (χ0v) is 10.9. The van der Waals surface area contributed by atoms with Gasteiger partial charge >= 0.3 is 11.7 Å². The molecule has 10 nitrogen and oxygen atoms in total. The van der Waals surface area contributed by atoms with E-state index in [2.05, 4.69) is 15.4 Å². The predicted octanol–water partition coefficient (Wildman–Crippen LogP) is 0.765. The monoisotopic (exact) mass is 293 g/mol. The van der Waals surface area contributed by atoms with Crippen LogP contribution in [-0.2, 0) is 11.3 Å². The van der Waals surface area contributed by atoms with Crippen LogP contribution in [0, 0.1) is 17.0 Å². The summed E-state index contributed by atoms with van der Waals surface area (Å²) < 4.78 is 1.09. The van der Waals surface area contributed by atoms with Crippen molar-refractivity contribution in [1.82, 2.24) is 14.8 Å². The minimum absolute atomic E-state index is 0.0326. The molecule has 0 aliphatic heterocycles. The number of amides is 1. The lowest BCUT2D eigenvalue weighted by atomic mass is 10.2. The lowest BCUT2D eigenvalue weighted by Gasteiger charge is -2.04. The zero-order valence-electron chi connectivity index (χ0n) is 10.9. The Labute approximate surface area is 117 Å². The van der Waals surface area contributed by atoms with E-state index in [-0.39, 0.29) is 23.5 Å². The fourth-order valence-electron chi connectivity index (χ4n) is 1.77. The standard InChI is InChI=1S/C11H11N5O5/c1-6-10(11(18)19)8(3-12-6)14-9(17)5-15-4-7(2-13-15)16(20)21/h2-4,12H,5H2,1H3,(H,14,17)(H,18,19). The quantitative estimate of drug-likeness (QED) is 0.548. The third kappa shape index (κ3) is 3.05. The van der Waals surface area contributed by atoms with Gasteiger partial charge in [-0.2, -0.15) is 5.10 Å². The van der Waals surface area contributed by atoms with Crippen LogP contribution in [0.4, 0.5) is 11.4 Å². The molecule has 0 saturated carbocycles. The number of nitrogens with one attached hydrogen (secondary N) is 2. The SMILES string of the molecule is Cc1[nH]cc(NC(=O)Cn2cc([N+](=O)[O-])cn2)c1C(=O)O. The van der Waals surface area contributed by atoms with Crippen LogP contribution in [0.2, 0.25) is 0 Å². The molecule has 0 aliphatic carbocycles. The Morgan fingerprint density at radius 3 is 2.86 bits per heavy atom. The third-order valence-electron chi connectivity index (χ3n) is 2.70. The molecule has 2 aromatic rings. The highest BCUT2D eigenvalue weighted by atomic mass is 16.6. The van der Waals surface area contributed by atoms with E-state index in [1.807, 2.05) is 0 Å². The van der Waals surface area contributed by atoms with Gasteiger partial charge in [-0.15, -0.1) is 0 Å². The minimum Gasteiger partial charge on any atom is -0.478 e. The molecule has 0 radical (unpaired) electrons. The molecular formula is C11H11N5O5. The lowest BCUT2D eigenvalue weighted by molar-refractivity contribution is -0.385. The summed E-state index contributed by atoms with van der Waals surface area (Å²) >= 11 is 0. The molecular weight excluding hydrogens is 282 g/mol. The normalized spacial score (nSPS) is 10.3. The molecule has 3 N–H and O–H groups in total. The van der Waals surface area contributed by atoms with Crippen LogP contribution in [0.25, 0.3) is 0 Å². The minimum atomic E-state index is -1.17. The maximum Gasteiger partial charge on any atom is 0.339 e. The van der Waals surface area contributed by atoms with E-state index in [9.17, 15) is 19.7 Å². The Balaban J connectivity index is 2.08. The van der Waals surface area contributed by atoms with Gasteiger partial charge in [0, 0.05) is 11.9 Å². The zero-order chi connectivity index (χ0) is 15.6. The Morgan fingerprint density at radius 1 is 1.57 bits per heavy atom. The first-order valence-electron chi connectivity index (χ1n) is 5.76. The molecule has 0 aliphatic rings. The predicted molar refractivity (Wildman–Crippen MR) is 70.0 cm³/mol. The lowest BCUT2D eigenvalue weighted by Crippen LogP contribution is -2.20. The number of nitrogens with zero attached hydrogens (tertiary/aromatic N) is 3. The molecule has 0 aromatic carbocycles. The van der Waals surface area contributed by atoms with Crippen LogP contribution in [0.1, 0.15) is 16.1 Å². The third-order valence-corrected chi connectivity index (χ3v) is 2.70. The summed E-state index contributed by atoms with van der Waals surface area (Å²) in [6.45, 7) is 1.30. The summed E-state index contributed by atoms with van der Waals surface area (Å²) in [7, 11) is 0. The molecule has 0 saturated heterocycles. The van der Waals surface area contributed by atoms with Crippen molar-refractivity contribution in [3.05, 3.63) is 40.0 Å². The topological polar surface area (TPSA) is 143 Å². The van der Waals surface area contributed by atoms with Crippen LogP contribution in [0.3, 0.4) is 0 Å². The van der Waals surface area contributed by atoms with Crippen LogP contribution in [-0.4, -0.2) is 36.7 Å². The van der Waals surface area contributed by atoms with Crippen molar-refractivity contribution < 1.29 is 19.6 Å². The van der Waals surface area contributed by atoms with Crippen molar-refractivity contribution in [1.29, 1.82) is 0 Å². The average molecular weight is 293 g/mol. The molecule has 1 amide bonds. The number of carbonyl (C=O) groups excluding carboxylic acids is 1. The number of aromatic amines is 1. The van der Waals surface area contributed by atoms with E-state index in [0.717, 1.165) is 17.1 Å². The molecule has 0 spiro atoms. The number of carboxylic acids is 1. The number of carbonyl (C=O) groups is 2. The first kappa shape index (κ1) is 14.2. The highest BCUT2D eigenvalue weighted by Gasteiger charge is 2.18. The smallest absolute Gasteiger partial charge is 0.339 e. The number of carboxylic acid groups (broad SMARTS) is 1. The van der Waals surface area contributed by atoms with Crippen molar-refractivity contribution in [2.75, 3.05) is 5.32 Å². The molecule has 0 atom stereocenters. The molecule has 2 rings (SSSR count). The second-order valence-electron chi connectivity index (χ2n) is 4.21. The van der Waals surface area contributed by atoms with E-state index < -0.39 is 16.8 Å². The van der Waals surface area contributed by atoms with Gasteiger partial charge < -0.3 is 15.4 Å². The number of hydrogen-bond donors (Lipinski definition) is 3. The molecule has 10 heteroatoms. The number of aromatic carboxylic acids is 1. The van der Waals surface area contributed by atoms with Gasteiger partial charge in [-0.05, 0) is 6.92 Å². The van der Waals surface area contributed by atoms with E-state index in [1.165, 1.54) is 6.20 Å². The fraction of sp³-hybridized carbons (Fsp3) is 0.182. The van der Waals surface area contributed by atoms with Gasteiger partial charge in [-0.1, -0.05) is 0 Å². The van der Waals surface area contributed by atoms with Crippen molar-refractivity contribution in [3.8, 4) is 0 Å². The number of H-pyrrole nitrogens is 1. The van der Waals surface area contributed by atoms with Crippen molar-refractivity contribution in [2.24, 2.45) is 0 Å². The number of nitro groups is 1. The summed E-state index contributed by atoms with van der Waals surface area (Å²) in [5.41, 5.74) is 0.278. The number of hydrogen-bond acceptors (Lipinski definition) is 5. The first-order chi connectivity index (χ1) is 9.88. The number of aryl methyl sites for hydroxylation is 1. The highest BCUT2D eigenvalue weighted by molar-refractivity contribution is 6.01. The number of rotatable bonds is 5. The molecule has 0 fully saturated rings. The summed E-state index contributed by atoms with van der Waals surface area (Å²) in [5.74, 6) is -1.71. The maximum atomic E-state index is 11.8. The molecule has 2 heterocycles. The Morgan fingerprint density at radius 2 is 2.29 bits per heavy atom. The summed E-state index contributed by atoms with van der Waals surface area (Å²) in [5, 5.41) is 25.6. The Bertz CT molecular complexity index is 716. The van der Waals surface area contributed by atoms with Gasteiger partial charge in [-0.25, -0.2) is 4.79 Å². The second-order valence-corrected chi connectivity index (χ2v) is 4.21. The van der Waals surface area contributed by atoms with Crippen LogP contribution < -0.4 is 5.32 Å². The summed E-state index contributed by atoms with van der Waals surface area (Å²) in [6.07, 6.45) is 3.50. The van der Waals surface area contributed by atoms with Crippen molar-refractivity contribution in [2.45, 2.75) is 13.5 Å². The Hall–Kier alpha value is -3.17. The van der Waals surface area contributed by atoms with E-state index in [1.54, 1.807) is 6.92 Å². The Kier molecular flexibility index (Phi) is 3.69. The molecule has 110 valence electrons. The first-order valence-corrected chi connectivity index (χ1v) is 5.76. The van der Waals surface area contributed by atoms with E-state index in [0.29, 0.717) is 5.69 Å². The van der Waals surface area contributed by atoms with Crippen LogP contribution in [0.15, 0.2) is 18.6 Å². The van der Waals surface area contributed by atoms with Gasteiger partial charge in [0.15, 0.2) is 0 Å². The van der Waals surface area contributed by atoms with E-state index >= 15 is 0 Å².